The Balaban J connectivity index is 3.54. The molecule has 0 rings (SSSR count). The number of aliphatic hydroxyl groups is 2. The van der Waals surface area contributed by atoms with Crippen LogP contribution >= 0.6 is 0 Å². The van der Waals surface area contributed by atoms with Gasteiger partial charge in [-0.2, -0.15) is 0 Å². The standard InChI is InChI=1S/C35H71NO3/c1-4-5-6-7-8-9-10-11-12-13-14-18-21-24-27-30-35(39)36-33(31-37)34(38)29-26-23-20-17-15-16-19-22-25-28-32(2)3/h32-34,37-38H,4-31H2,1-3H3,(H,36,39). The summed E-state index contributed by atoms with van der Waals surface area (Å²) in [6.07, 6.45) is 32.9. The lowest BCUT2D eigenvalue weighted by atomic mass is 10.0. The van der Waals surface area contributed by atoms with Crippen LogP contribution in [0, 0.1) is 5.92 Å². The third-order valence-corrected chi connectivity index (χ3v) is 8.30. The summed E-state index contributed by atoms with van der Waals surface area (Å²) >= 11 is 0. The van der Waals surface area contributed by atoms with E-state index in [0.29, 0.717) is 12.8 Å². The summed E-state index contributed by atoms with van der Waals surface area (Å²) < 4.78 is 0. The number of nitrogens with one attached hydrogen (secondary N) is 1. The van der Waals surface area contributed by atoms with Crippen LogP contribution in [-0.2, 0) is 4.79 Å². The van der Waals surface area contributed by atoms with Crippen LogP contribution in [0.2, 0.25) is 0 Å². The van der Waals surface area contributed by atoms with Crippen LogP contribution in [0.1, 0.15) is 194 Å². The summed E-state index contributed by atoms with van der Waals surface area (Å²) in [5.41, 5.74) is 0. The Hall–Kier alpha value is -0.610. The van der Waals surface area contributed by atoms with Crippen molar-refractivity contribution in [3.8, 4) is 0 Å². The van der Waals surface area contributed by atoms with E-state index < -0.39 is 12.1 Å². The summed E-state index contributed by atoms with van der Waals surface area (Å²) in [5, 5.41) is 23.0. The highest BCUT2D eigenvalue weighted by Gasteiger charge is 2.19. The number of amides is 1. The first-order valence-corrected chi connectivity index (χ1v) is 17.6. The molecule has 0 aromatic heterocycles. The average molecular weight is 554 g/mol. The monoisotopic (exact) mass is 554 g/mol. The van der Waals surface area contributed by atoms with Crippen LogP contribution in [-0.4, -0.2) is 34.9 Å². The molecular weight excluding hydrogens is 482 g/mol. The van der Waals surface area contributed by atoms with E-state index in [4.69, 9.17) is 0 Å². The lowest BCUT2D eigenvalue weighted by molar-refractivity contribution is -0.123. The minimum Gasteiger partial charge on any atom is -0.394 e. The Morgan fingerprint density at radius 1 is 0.564 bits per heavy atom. The summed E-state index contributed by atoms with van der Waals surface area (Å²) in [5.74, 6) is 0.800. The first-order chi connectivity index (χ1) is 19.0. The molecule has 4 heteroatoms. The summed E-state index contributed by atoms with van der Waals surface area (Å²) in [4.78, 5) is 12.3. The van der Waals surface area contributed by atoms with Crippen molar-refractivity contribution in [3.05, 3.63) is 0 Å². The fourth-order valence-electron chi connectivity index (χ4n) is 5.54. The maximum Gasteiger partial charge on any atom is 0.220 e. The first kappa shape index (κ1) is 38.4. The van der Waals surface area contributed by atoms with Gasteiger partial charge in [0, 0.05) is 6.42 Å². The molecule has 0 radical (unpaired) electrons. The summed E-state index contributed by atoms with van der Waals surface area (Å²) in [6, 6.07) is -0.528. The van der Waals surface area contributed by atoms with Gasteiger partial charge in [-0.25, -0.2) is 0 Å². The van der Waals surface area contributed by atoms with E-state index in [-0.39, 0.29) is 12.5 Å². The van der Waals surface area contributed by atoms with Gasteiger partial charge in [-0.05, 0) is 18.8 Å². The highest BCUT2D eigenvalue weighted by atomic mass is 16.3. The molecule has 0 saturated heterocycles. The van der Waals surface area contributed by atoms with Crippen molar-refractivity contribution >= 4 is 5.91 Å². The zero-order chi connectivity index (χ0) is 28.8. The molecular formula is C35H71NO3. The quantitative estimate of drug-likeness (QED) is 0.0748. The van der Waals surface area contributed by atoms with E-state index in [1.165, 1.54) is 135 Å². The fourth-order valence-corrected chi connectivity index (χ4v) is 5.54. The SMILES string of the molecule is CCCCCCCCCCCCCCCCCC(=O)NC(CO)C(O)CCCCCCCCCCCC(C)C. The number of carbonyl (C=O) groups is 1. The first-order valence-electron chi connectivity index (χ1n) is 17.6. The zero-order valence-corrected chi connectivity index (χ0v) is 26.8. The minimum absolute atomic E-state index is 0.0313. The molecule has 3 N–H and O–H groups in total. The second-order valence-electron chi connectivity index (χ2n) is 12.8. The maximum absolute atomic E-state index is 12.3. The number of aliphatic hydroxyl groups excluding tert-OH is 2. The molecule has 0 aromatic carbocycles. The van der Waals surface area contributed by atoms with Crippen molar-refractivity contribution in [3.63, 3.8) is 0 Å². The zero-order valence-electron chi connectivity index (χ0n) is 26.8. The molecule has 0 spiro atoms. The largest absolute Gasteiger partial charge is 0.394 e. The third-order valence-electron chi connectivity index (χ3n) is 8.30. The predicted octanol–water partition coefficient (Wildman–Crippen LogP) is 10.0. The van der Waals surface area contributed by atoms with E-state index >= 15 is 0 Å². The Bertz CT molecular complexity index is 496. The number of unbranched alkanes of at least 4 members (excludes halogenated alkanes) is 22. The van der Waals surface area contributed by atoms with E-state index in [0.717, 1.165) is 31.6 Å². The van der Waals surface area contributed by atoms with Crippen LogP contribution in [0.3, 0.4) is 0 Å². The molecule has 0 aromatic rings. The molecule has 234 valence electrons. The van der Waals surface area contributed by atoms with E-state index in [1.54, 1.807) is 0 Å². The lowest BCUT2D eigenvalue weighted by Gasteiger charge is -2.22. The molecule has 0 heterocycles. The lowest BCUT2D eigenvalue weighted by Crippen LogP contribution is -2.45. The number of hydrogen-bond donors (Lipinski definition) is 3. The van der Waals surface area contributed by atoms with Gasteiger partial charge in [-0.1, -0.05) is 175 Å². The maximum atomic E-state index is 12.3. The molecule has 0 fully saturated rings. The molecule has 2 atom stereocenters. The van der Waals surface area contributed by atoms with Gasteiger partial charge in [0.25, 0.3) is 0 Å². The third kappa shape index (κ3) is 28.7. The second-order valence-corrected chi connectivity index (χ2v) is 12.8. The van der Waals surface area contributed by atoms with Crippen LogP contribution in [0.25, 0.3) is 0 Å². The highest BCUT2D eigenvalue weighted by molar-refractivity contribution is 5.76. The summed E-state index contributed by atoms with van der Waals surface area (Å²) in [7, 11) is 0. The second kappa shape index (κ2) is 30.4. The Morgan fingerprint density at radius 3 is 1.31 bits per heavy atom. The van der Waals surface area contributed by atoms with Gasteiger partial charge in [-0.3, -0.25) is 4.79 Å². The van der Waals surface area contributed by atoms with Crippen LogP contribution in [0.5, 0.6) is 0 Å². The molecule has 0 bridgehead atoms. The molecule has 39 heavy (non-hydrogen) atoms. The Labute approximate surface area is 244 Å². The Kier molecular flexibility index (Phi) is 29.9. The van der Waals surface area contributed by atoms with Crippen molar-refractivity contribution in [2.24, 2.45) is 5.92 Å². The van der Waals surface area contributed by atoms with Gasteiger partial charge in [0.2, 0.25) is 5.91 Å². The van der Waals surface area contributed by atoms with Crippen molar-refractivity contribution in [2.75, 3.05) is 6.61 Å². The summed E-state index contributed by atoms with van der Waals surface area (Å²) in [6.45, 7) is 6.69. The fraction of sp³-hybridized carbons (Fsp3) is 0.971. The van der Waals surface area contributed by atoms with Crippen molar-refractivity contribution < 1.29 is 15.0 Å². The van der Waals surface area contributed by atoms with Crippen molar-refractivity contribution in [2.45, 2.75) is 206 Å². The van der Waals surface area contributed by atoms with Crippen LogP contribution in [0.4, 0.5) is 0 Å². The normalized spacial score (nSPS) is 13.2. The molecule has 1 amide bonds. The van der Waals surface area contributed by atoms with E-state index in [9.17, 15) is 15.0 Å². The molecule has 2 unspecified atom stereocenters. The molecule has 0 saturated carbocycles. The Morgan fingerprint density at radius 2 is 0.923 bits per heavy atom. The minimum atomic E-state index is -0.652. The number of hydrogen-bond acceptors (Lipinski definition) is 3. The predicted molar refractivity (Wildman–Crippen MR) is 170 cm³/mol. The van der Waals surface area contributed by atoms with E-state index in [1.807, 2.05) is 0 Å². The topological polar surface area (TPSA) is 69.6 Å². The average Bonchev–Trinajstić information content (AvgIpc) is 2.92. The van der Waals surface area contributed by atoms with Crippen molar-refractivity contribution in [1.82, 2.24) is 5.32 Å². The van der Waals surface area contributed by atoms with Gasteiger partial charge in [0.1, 0.15) is 0 Å². The van der Waals surface area contributed by atoms with Gasteiger partial charge in [0.15, 0.2) is 0 Å². The highest BCUT2D eigenvalue weighted by Crippen LogP contribution is 2.16. The van der Waals surface area contributed by atoms with E-state index in [2.05, 4.69) is 26.1 Å². The smallest absolute Gasteiger partial charge is 0.220 e. The van der Waals surface area contributed by atoms with Gasteiger partial charge < -0.3 is 15.5 Å². The molecule has 4 nitrogen and oxygen atoms in total. The molecule has 0 aliphatic rings. The van der Waals surface area contributed by atoms with Gasteiger partial charge >= 0.3 is 0 Å². The molecule has 0 aliphatic heterocycles. The molecule has 0 aliphatic carbocycles. The number of rotatable bonds is 31. The van der Waals surface area contributed by atoms with Crippen LogP contribution in [0.15, 0.2) is 0 Å². The number of carbonyl (C=O) groups excluding carboxylic acids is 1. The van der Waals surface area contributed by atoms with Gasteiger partial charge in [0.05, 0.1) is 18.8 Å². The van der Waals surface area contributed by atoms with Gasteiger partial charge in [-0.15, -0.1) is 0 Å². The van der Waals surface area contributed by atoms with Crippen LogP contribution < -0.4 is 5.32 Å². The van der Waals surface area contributed by atoms with Crippen molar-refractivity contribution in [1.29, 1.82) is 0 Å².